The molecule has 2 rings (SSSR count). The summed E-state index contributed by atoms with van der Waals surface area (Å²) in [4.78, 5) is 3.97. The summed E-state index contributed by atoms with van der Waals surface area (Å²) in [6.07, 6.45) is 5.20. The molecule has 1 saturated heterocycles. The van der Waals surface area contributed by atoms with Crippen molar-refractivity contribution in [3.8, 4) is 0 Å². The third-order valence-corrected chi connectivity index (χ3v) is 4.25. The Kier molecular flexibility index (Phi) is 4.26. The maximum absolute atomic E-state index is 6.11. The summed E-state index contributed by atoms with van der Waals surface area (Å²) < 4.78 is 12.0. The molecule has 108 valence electrons. The number of rotatable bonds is 3. The van der Waals surface area contributed by atoms with Gasteiger partial charge < -0.3 is 15.0 Å². The number of nitrogens with zero attached hydrogens (tertiary/aromatic N) is 1. The normalized spacial score (nSPS) is 21.3. The summed E-state index contributed by atoms with van der Waals surface area (Å²) in [6.45, 7) is 8.40. The lowest BCUT2D eigenvalue weighted by molar-refractivity contribution is 0.00578. The molecule has 0 atom stereocenters. The Morgan fingerprint density at radius 3 is 2.45 bits per heavy atom. The van der Waals surface area contributed by atoms with Crippen molar-refractivity contribution < 1.29 is 9.31 Å². The first-order valence-corrected chi connectivity index (χ1v) is 7.00. The van der Waals surface area contributed by atoms with Gasteiger partial charge >= 0.3 is 7.12 Å². The molecule has 1 aliphatic heterocycles. The van der Waals surface area contributed by atoms with Crippen molar-refractivity contribution in [1.29, 1.82) is 0 Å². The van der Waals surface area contributed by atoms with Gasteiger partial charge in [-0.1, -0.05) is 17.7 Å². The van der Waals surface area contributed by atoms with Crippen molar-refractivity contribution >= 4 is 24.8 Å². The lowest BCUT2D eigenvalue weighted by Gasteiger charge is -2.32. The third kappa shape index (κ3) is 2.91. The summed E-state index contributed by atoms with van der Waals surface area (Å²) in [7, 11) is -0.450. The van der Waals surface area contributed by atoms with Crippen LogP contribution in [0.4, 0.5) is 0 Å². The van der Waals surface area contributed by atoms with Crippen molar-refractivity contribution in [3.63, 3.8) is 0 Å². The molecular weight excluding hydrogens is 274 g/mol. The molecule has 2 N–H and O–H groups in total. The molecule has 0 radical (unpaired) electrons. The second kappa shape index (κ2) is 5.49. The fourth-order valence-corrected chi connectivity index (χ4v) is 2.09. The second-order valence-electron chi connectivity index (χ2n) is 5.91. The van der Waals surface area contributed by atoms with E-state index in [1.165, 1.54) is 0 Å². The highest BCUT2D eigenvalue weighted by molar-refractivity contribution is 6.56. The van der Waals surface area contributed by atoms with Crippen LogP contribution < -0.4 is 5.73 Å². The van der Waals surface area contributed by atoms with Crippen molar-refractivity contribution in [2.45, 2.75) is 38.9 Å². The molecule has 6 heteroatoms. The van der Waals surface area contributed by atoms with Gasteiger partial charge in [0, 0.05) is 18.9 Å². The van der Waals surface area contributed by atoms with Gasteiger partial charge in [-0.2, -0.15) is 0 Å². The Bertz CT molecular complexity index is 516. The SMILES string of the molecule is CC1(C)OB(C(=Cc2ccncc2Cl)CN)OC1(C)C. The summed E-state index contributed by atoms with van der Waals surface area (Å²) in [6, 6.07) is 1.84. The van der Waals surface area contributed by atoms with Gasteiger partial charge in [0.1, 0.15) is 0 Å². The molecule has 1 aromatic heterocycles. The van der Waals surface area contributed by atoms with Crippen molar-refractivity contribution in [2.75, 3.05) is 6.54 Å². The number of pyridine rings is 1. The molecule has 4 nitrogen and oxygen atoms in total. The molecule has 0 amide bonds. The first-order valence-electron chi connectivity index (χ1n) is 6.62. The monoisotopic (exact) mass is 294 g/mol. The second-order valence-corrected chi connectivity index (χ2v) is 6.32. The third-order valence-electron chi connectivity index (χ3n) is 3.94. The van der Waals surface area contributed by atoms with Gasteiger partial charge in [0.15, 0.2) is 0 Å². The highest BCUT2D eigenvalue weighted by Crippen LogP contribution is 2.38. The Hall–Kier alpha value is -0.875. The van der Waals surface area contributed by atoms with Crippen LogP contribution in [0.3, 0.4) is 0 Å². The van der Waals surface area contributed by atoms with Crippen LogP contribution in [-0.2, 0) is 9.31 Å². The topological polar surface area (TPSA) is 57.4 Å². The molecule has 0 spiro atoms. The van der Waals surface area contributed by atoms with Crippen LogP contribution in [0, 0.1) is 0 Å². The lowest BCUT2D eigenvalue weighted by Crippen LogP contribution is -2.41. The number of nitrogens with two attached hydrogens (primary N) is 1. The molecule has 0 bridgehead atoms. The molecule has 0 aromatic carbocycles. The predicted octanol–water partition coefficient (Wildman–Crippen LogP) is 2.71. The lowest BCUT2D eigenvalue weighted by atomic mass is 9.77. The Morgan fingerprint density at radius 1 is 1.35 bits per heavy atom. The maximum Gasteiger partial charge on any atom is 0.491 e. The van der Waals surface area contributed by atoms with E-state index in [0.717, 1.165) is 11.0 Å². The van der Waals surface area contributed by atoms with Crippen molar-refractivity contribution in [2.24, 2.45) is 5.73 Å². The number of aromatic nitrogens is 1. The van der Waals surface area contributed by atoms with E-state index in [1.807, 2.05) is 39.8 Å². The van der Waals surface area contributed by atoms with Gasteiger partial charge in [-0.25, -0.2) is 0 Å². The van der Waals surface area contributed by atoms with Crippen LogP contribution in [0.2, 0.25) is 5.02 Å². The molecule has 2 heterocycles. The number of hydrogen-bond acceptors (Lipinski definition) is 4. The fraction of sp³-hybridized carbons (Fsp3) is 0.500. The molecule has 0 unspecified atom stereocenters. The zero-order valence-electron chi connectivity index (χ0n) is 12.3. The minimum absolute atomic E-state index is 0.343. The minimum atomic E-state index is -0.450. The van der Waals surface area contributed by atoms with E-state index in [2.05, 4.69) is 4.98 Å². The highest BCUT2D eigenvalue weighted by Gasteiger charge is 2.52. The molecule has 20 heavy (non-hydrogen) atoms. The average Bonchev–Trinajstić information content (AvgIpc) is 2.57. The smallest absolute Gasteiger partial charge is 0.400 e. The van der Waals surface area contributed by atoms with Crippen LogP contribution in [0.25, 0.3) is 6.08 Å². The number of halogens is 1. The van der Waals surface area contributed by atoms with E-state index in [0.29, 0.717) is 11.6 Å². The standard InChI is InChI=1S/C14H20BClN2O2/c1-13(2)14(3,4)20-15(19-13)11(8-17)7-10-5-6-18-9-12(10)16/h5-7,9H,8,17H2,1-4H3. The first kappa shape index (κ1) is 15.5. The van der Waals surface area contributed by atoms with Crippen molar-refractivity contribution in [1.82, 2.24) is 4.98 Å². The van der Waals surface area contributed by atoms with Gasteiger partial charge in [0.2, 0.25) is 0 Å². The van der Waals surface area contributed by atoms with E-state index >= 15 is 0 Å². The summed E-state index contributed by atoms with van der Waals surface area (Å²) in [5, 5.41) is 0.579. The summed E-state index contributed by atoms with van der Waals surface area (Å²) in [5.41, 5.74) is 6.79. The fourth-order valence-electron chi connectivity index (χ4n) is 1.92. The van der Waals surface area contributed by atoms with E-state index in [4.69, 9.17) is 26.6 Å². The van der Waals surface area contributed by atoms with Gasteiger partial charge in [-0.05, 0) is 44.8 Å². The molecule has 1 aromatic rings. The van der Waals surface area contributed by atoms with Crippen molar-refractivity contribution in [3.05, 3.63) is 34.5 Å². The predicted molar refractivity (Wildman–Crippen MR) is 82.4 cm³/mol. The molecule has 0 saturated carbocycles. The molecule has 1 fully saturated rings. The average molecular weight is 295 g/mol. The van der Waals surface area contributed by atoms with E-state index in [1.54, 1.807) is 12.4 Å². The van der Waals surface area contributed by atoms with Gasteiger partial charge in [0.25, 0.3) is 0 Å². The summed E-state index contributed by atoms with van der Waals surface area (Å²) >= 11 is 6.11. The van der Waals surface area contributed by atoms with Crippen LogP contribution in [0.5, 0.6) is 0 Å². The summed E-state index contributed by atoms with van der Waals surface area (Å²) in [5.74, 6) is 0. The minimum Gasteiger partial charge on any atom is -0.400 e. The Morgan fingerprint density at radius 2 is 1.95 bits per heavy atom. The van der Waals surface area contributed by atoms with Crippen LogP contribution >= 0.6 is 11.6 Å². The van der Waals surface area contributed by atoms with E-state index < -0.39 is 7.12 Å². The molecular formula is C14H20BClN2O2. The zero-order chi connectivity index (χ0) is 15.0. The number of hydrogen-bond donors (Lipinski definition) is 1. The molecule has 0 aliphatic carbocycles. The van der Waals surface area contributed by atoms with Crippen LogP contribution in [0.1, 0.15) is 33.3 Å². The first-order chi connectivity index (χ1) is 9.27. The Balaban J connectivity index is 2.29. The molecule has 1 aliphatic rings. The largest absolute Gasteiger partial charge is 0.491 e. The quantitative estimate of drug-likeness (QED) is 0.871. The highest BCUT2D eigenvalue weighted by atomic mass is 35.5. The Labute approximate surface area is 125 Å². The van der Waals surface area contributed by atoms with Crippen LogP contribution in [0.15, 0.2) is 23.9 Å². The maximum atomic E-state index is 6.11. The van der Waals surface area contributed by atoms with E-state index in [9.17, 15) is 0 Å². The zero-order valence-corrected chi connectivity index (χ0v) is 13.1. The van der Waals surface area contributed by atoms with Crippen LogP contribution in [-0.4, -0.2) is 29.8 Å². The van der Waals surface area contributed by atoms with Gasteiger partial charge in [-0.15, -0.1) is 0 Å². The van der Waals surface area contributed by atoms with Gasteiger partial charge in [-0.3, -0.25) is 4.98 Å². The van der Waals surface area contributed by atoms with Gasteiger partial charge in [0.05, 0.1) is 16.2 Å². The van der Waals surface area contributed by atoms with E-state index in [-0.39, 0.29) is 11.2 Å².